The van der Waals surface area contributed by atoms with E-state index in [1.807, 2.05) is 19.1 Å². The lowest BCUT2D eigenvalue weighted by Gasteiger charge is -2.14. The van der Waals surface area contributed by atoms with E-state index in [4.69, 9.17) is 4.42 Å². The molecule has 1 rings (SSSR count). The van der Waals surface area contributed by atoms with Gasteiger partial charge in [0.1, 0.15) is 5.76 Å². The van der Waals surface area contributed by atoms with Crippen molar-refractivity contribution in [3.63, 3.8) is 0 Å². The Morgan fingerprint density at radius 2 is 2.40 bits per heavy atom. The molecule has 0 spiro atoms. The van der Waals surface area contributed by atoms with E-state index in [1.54, 1.807) is 18.2 Å². The highest BCUT2D eigenvalue weighted by molar-refractivity contribution is 5.77. The van der Waals surface area contributed by atoms with Crippen LogP contribution in [0.2, 0.25) is 0 Å². The number of carbonyl (C=O) groups excluding carboxylic acids is 1. The minimum atomic E-state index is 0.122. The number of furan rings is 1. The van der Waals surface area contributed by atoms with Gasteiger partial charge in [0.2, 0.25) is 5.91 Å². The summed E-state index contributed by atoms with van der Waals surface area (Å²) in [4.78, 5) is 13.1. The molecule has 0 fully saturated rings. The molecule has 0 aliphatic carbocycles. The molecular weight excluding hydrogens is 192 g/mol. The van der Waals surface area contributed by atoms with Crippen LogP contribution in [-0.4, -0.2) is 37.5 Å². The number of hydrogen-bond acceptors (Lipinski definition) is 3. The summed E-state index contributed by atoms with van der Waals surface area (Å²) < 4.78 is 5.17. The molecule has 1 aromatic rings. The fraction of sp³-hybridized carbons (Fsp3) is 0.545. The van der Waals surface area contributed by atoms with Crippen molar-refractivity contribution in [1.82, 2.24) is 10.2 Å². The highest BCUT2D eigenvalue weighted by atomic mass is 16.3. The summed E-state index contributed by atoms with van der Waals surface area (Å²) in [5.41, 5.74) is 0. The molecule has 0 aromatic carbocycles. The van der Waals surface area contributed by atoms with E-state index < -0.39 is 0 Å². The summed E-state index contributed by atoms with van der Waals surface area (Å²) in [6.07, 6.45) is 2.47. The molecule has 0 unspecified atom stereocenters. The molecule has 1 N–H and O–H groups in total. The number of nitrogens with one attached hydrogen (secondary N) is 1. The molecule has 0 bridgehead atoms. The first-order chi connectivity index (χ1) is 7.24. The Labute approximate surface area is 90.3 Å². The van der Waals surface area contributed by atoms with Gasteiger partial charge in [0.05, 0.1) is 12.8 Å². The first-order valence-electron chi connectivity index (χ1n) is 5.21. The van der Waals surface area contributed by atoms with Crippen LogP contribution in [-0.2, 0) is 11.2 Å². The van der Waals surface area contributed by atoms with E-state index in [1.165, 1.54) is 0 Å². The van der Waals surface area contributed by atoms with Crippen LogP contribution in [0.3, 0.4) is 0 Å². The van der Waals surface area contributed by atoms with Crippen molar-refractivity contribution in [3.05, 3.63) is 24.2 Å². The Hall–Kier alpha value is -1.29. The number of amides is 1. The van der Waals surface area contributed by atoms with Gasteiger partial charge >= 0.3 is 0 Å². The molecule has 0 aliphatic heterocycles. The van der Waals surface area contributed by atoms with Crippen LogP contribution < -0.4 is 5.32 Å². The van der Waals surface area contributed by atoms with Gasteiger partial charge in [-0.2, -0.15) is 0 Å². The summed E-state index contributed by atoms with van der Waals surface area (Å²) in [6.45, 7) is 3.86. The zero-order chi connectivity index (χ0) is 11.1. The Bertz CT molecular complexity index is 283. The van der Waals surface area contributed by atoms with Gasteiger partial charge in [-0.15, -0.1) is 0 Å². The summed E-state index contributed by atoms with van der Waals surface area (Å²) >= 11 is 0. The molecule has 84 valence electrons. The van der Waals surface area contributed by atoms with E-state index in [0.717, 1.165) is 25.3 Å². The molecule has 0 atom stereocenters. The zero-order valence-corrected chi connectivity index (χ0v) is 9.32. The van der Waals surface area contributed by atoms with E-state index >= 15 is 0 Å². The number of rotatable bonds is 6. The number of hydrogen-bond donors (Lipinski definition) is 1. The lowest BCUT2D eigenvalue weighted by molar-refractivity contribution is -0.128. The van der Waals surface area contributed by atoms with Crippen LogP contribution in [0.4, 0.5) is 0 Å². The Morgan fingerprint density at radius 3 is 3.00 bits per heavy atom. The lowest BCUT2D eigenvalue weighted by Crippen LogP contribution is -2.36. The maximum atomic E-state index is 11.4. The smallest absolute Gasteiger partial charge is 0.236 e. The normalized spacial score (nSPS) is 10.3. The molecule has 15 heavy (non-hydrogen) atoms. The van der Waals surface area contributed by atoms with E-state index in [9.17, 15) is 4.79 Å². The molecule has 0 radical (unpaired) electrons. The van der Waals surface area contributed by atoms with Crippen LogP contribution in [0.25, 0.3) is 0 Å². The maximum absolute atomic E-state index is 11.4. The predicted octanol–water partition coefficient (Wildman–Crippen LogP) is 0.890. The first-order valence-corrected chi connectivity index (χ1v) is 5.21. The van der Waals surface area contributed by atoms with Crippen molar-refractivity contribution in [1.29, 1.82) is 0 Å². The molecular formula is C11H18N2O2. The fourth-order valence-electron chi connectivity index (χ4n) is 1.17. The van der Waals surface area contributed by atoms with Gasteiger partial charge in [0.15, 0.2) is 0 Å². The average molecular weight is 210 g/mol. The fourth-order valence-corrected chi connectivity index (χ4v) is 1.17. The van der Waals surface area contributed by atoms with Crippen molar-refractivity contribution in [2.45, 2.75) is 13.3 Å². The lowest BCUT2D eigenvalue weighted by atomic mass is 10.3. The predicted molar refractivity (Wildman–Crippen MR) is 58.6 cm³/mol. The standard InChI is InChI=1S/C11H18N2O2/c1-3-13(2)11(14)9-12-7-6-10-5-4-8-15-10/h4-5,8,12H,3,6-7,9H2,1-2H3. The summed E-state index contributed by atoms with van der Waals surface area (Å²) in [5, 5.41) is 3.09. The highest BCUT2D eigenvalue weighted by Gasteiger charge is 2.04. The number of carbonyl (C=O) groups is 1. The Morgan fingerprint density at radius 1 is 1.60 bits per heavy atom. The highest BCUT2D eigenvalue weighted by Crippen LogP contribution is 1.99. The van der Waals surface area contributed by atoms with E-state index in [-0.39, 0.29) is 5.91 Å². The van der Waals surface area contributed by atoms with Gasteiger partial charge in [0, 0.05) is 26.6 Å². The van der Waals surface area contributed by atoms with Crippen LogP contribution in [0, 0.1) is 0 Å². The number of nitrogens with zero attached hydrogens (tertiary/aromatic N) is 1. The second-order valence-corrected chi connectivity index (χ2v) is 3.41. The summed E-state index contributed by atoms with van der Waals surface area (Å²) in [6, 6.07) is 3.80. The van der Waals surface area contributed by atoms with Crippen molar-refractivity contribution in [3.8, 4) is 0 Å². The van der Waals surface area contributed by atoms with Crippen molar-refractivity contribution < 1.29 is 9.21 Å². The zero-order valence-electron chi connectivity index (χ0n) is 9.32. The third-order valence-corrected chi connectivity index (χ3v) is 2.30. The second-order valence-electron chi connectivity index (χ2n) is 3.41. The summed E-state index contributed by atoms with van der Waals surface area (Å²) in [5.74, 6) is 1.07. The van der Waals surface area contributed by atoms with Gasteiger partial charge in [-0.05, 0) is 19.1 Å². The maximum Gasteiger partial charge on any atom is 0.236 e. The quantitative estimate of drug-likeness (QED) is 0.709. The monoisotopic (exact) mass is 210 g/mol. The molecule has 0 saturated heterocycles. The van der Waals surface area contributed by atoms with Crippen molar-refractivity contribution >= 4 is 5.91 Å². The van der Waals surface area contributed by atoms with Crippen LogP contribution in [0.15, 0.2) is 22.8 Å². The van der Waals surface area contributed by atoms with Crippen molar-refractivity contribution in [2.24, 2.45) is 0 Å². The molecule has 1 aromatic heterocycles. The van der Waals surface area contributed by atoms with Crippen LogP contribution in [0.5, 0.6) is 0 Å². The number of likely N-dealkylation sites (N-methyl/N-ethyl adjacent to an activating group) is 1. The largest absolute Gasteiger partial charge is 0.469 e. The van der Waals surface area contributed by atoms with E-state index in [0.29, 0.717) is 6.54 Å². The topological polar surface area (TPSA) is 45.5 Å². The molecule has 1 amide bonds. The van der Waals surface area contributed by atoms with Gasteiger partial charge < -0.3 is 14.6 Å². The Balaban J connectivity index is 2.09. The minimum Gasteiger partial charge on any atom is -0.469 e. The molecule has 1 heterocycles. The first kappa shape index (κ1) is 11.8. The Kier molecular flexibility index (Phi) is 4.90. The molecule has 4 nitrogen and oxygen atoms in total. The molecule has 0 aliphatic rings. The van der Waals surface area contributed by atoms with Gasteiger partial charge in [-0.3, -0.25) is 4.79 Å². The van der Waals surface area contributed by atoms with E-state index in [2.05, 4.69) is 5.32 Å². The average Bonchev–Trinajstić information content (AvgIpc) is 2.75. The SMILES string of the molecule is CCN(C)C(=O)CNCCc1ccco1. The third-order valence-electron chi connectivity index (χ3n) is 2.30. The van der Waals surface area contributed by atoms with Crippen molar-refractivity contribution in [2.75, 3.05) is 26.7 Å². The molecule has 0 saturated carbocycles. The van der Waals surface area contributed by atoms with Crippen LogP contribution >= 0.6 is 0 Å². The second kappa shape index (κ2) is 6.24. The van der Waals surface area contributed by atoms with Gasteiger partial charge in [-0.25, -0.2) is 0 Å². The summed E-state index contributed by atoms with van der Waals surface area (Å²) in [7, 11) is 1.80. The third kappa shape index (κ3) is 4.16. The molecule has 4 heteroatoms. The minimum absolute atomic E-state index is 0.122. The van der Waals surface area contributed by atoms with Crippen LogP contribution in [0.1, 0.15) is 12.7 Å². The van der Waals surface area contributed by atoms with Gasteiger partial charge in [-0.1, -0.05) is 0 Å². The van der Waals surface area contributed by atoms with Gasteiger partial charge in [0.25, 0.3) is 0 Å².